The summed E-state index contributed by atoms with van der Waals surface area (Å²) in [7, 11) is 0. The summed E-state index contributed by atoms with van der Waals surface area (Å²) in [6.45, 7) is 0.682. The second-order valence-electron chi connectivity index (χ2n) is 7.31. The first-order chi connectivity index (χ1) is 15.0. The van der Waals surface area contributed by atoms with Crippen molar-refractivity contribution < 1.29 is 84.9 Å². The number of halogens is 16. The number of hydrogen-bond donors (Lipinski definition) is 1. The molecule has 0 fully saturated rings. The Morgan fingerprint density at radius 2 is 1.09 bits per heavy atom. The van der Waals surface area contributed by atoms with Gasteiger partial charge in [0.2, 0.25) is 0 Å². The Hall–Kier alpha value is -1.95. The summed E-state index contributed by atoms with van der Waals surface area (Å²) in [5, 5.41) is 9.14. The number of rotatable bonds is 11. The molecule has 0 saturated heterocycles. The lowest BCUT2D eigenvalue weighted by atomic mass is 9.84. The van der Waals surface area contributed by atoms with Crippen LogP contribution >= 0.6 is 0 Å². The molecule has 0 saturated carbocycles. The first-order valence-electron chi connectivity index (χ1n) is 8.50. The first-order valence-corrected chi connectivity index (χ1v) is 8.50. The van der Waals surface area contributed by atoms with Crippen LogP contribution in [0.2, 0.25) is 0 Å². The minimum absolute atomic E-state index is 0.470. The highest BCUT2D eigenvalue weighted by molar-refractivity contribution is 5.86. The number of carbonyl (C=O) groups excluding carboxylic acids is 1. The quantitative estimate of drug-likeness (QED) is 0.194. The summed E-state index contributed by atoms with van der Waals surface area (Å²) in [6, 6.07) is 0. The van der Waals surface area contributed by atoms with Crippen LogP contribution in [0, 0.1) is 0 Å². The zero-order valence-corrected chi connectivity index (χ0v) is 17.0. The Bertz CT molecular complexity index is 799. The van der Waals surface area contributed by atoms with Crippen molar-refractivity contribution in [2.24, 2.45) is 0 Å². The van der Waals surface area contributed by atoms with Gasteiger partial charge in [0.05, 0.1) is 6.10 Å². The van der Waals surface area contributed by atoms with Crippen LogP contribution < -0.4 is 0 Å². The van der Waals surface area contributed by atoms with Crippen LogP contribution in [0.1, 0.15) is 20.3 Å². The van der Waals surface area contributed by atoms with Crippen molar-refractivity contribution in [3.8, 4) is 0 Å². The summed E-state index contributed by atoms with van der Waals surface area (Å²) < 4.78 is 218. The molecular weight excluding hydrogens is 544 g/mol. The van der Waals surface area contributed by atoms with Gasteiger partial charge >= 0.3 is 47.7 Å². The fourth-order valence-corrected chi connectivity index (χ4v) is 2.07. The van der Waals surface area contributed by atoms with E-state index in [1.807, 2.05) is 0 Å². The second kappa shape index (κ2) is 9.17. The highest BCUT2D eigenvalue weighted by Crippen LogP contribution is 2.63. The lowest BCUT2D eigenvalue weighted by molar-refractivity contribution is -0.446. The van der Waals surface area contributed by atoms with Crippen LogP contribution in [0.5, 0.6) is 0 Å². The topological polar surface area (TPSA) is 46.5 Å². The molecule has 0 heterocycles. The third-order valence-electron chi connectivity index (χ3n) is 4.41. The summed E-state index contributed by atoms with van der Waals surface area (Å²) in [4.78, 5) is 11.0. The number of ether oxygens (including phenoxy) is 1. The molecule has 0 aliphatic heterocycles. The van der Waals surface area contributed by atoms with Gasteiger partial charge in [-0.05, 0) is 13.8 Å². The number of aliphatic hydroxyl groups excluding tert-OH is 1. The van der Waals surface area contributed by atoms with E-state index in [1.165, 1.54) is 0 Å². The summed E-state index contributed by atoms with van der Waals surface area (Å²) >= 11 is 0. The Labute approximate surface area is 184 Å². The minimum Gasteiger partial charge on any atom is -0.460 e. The van der Waals surface area contributed by atoms with Crippen molar-refractivity contribution in [1.82, 2.24) is 0 Å². The fourth-order valence-electron chi connectivity index (χ4n) is 2.07. The molecule has 0 amide bonds. The molecule has 0 aromatic carbocycles. The minimum atomic E-state index is -8.45. The zero-order chi connectivity index (χ0) is 28.9. The maximum absolute atomic E-state index is 13.7. The van der Waals surface area contributed by atoms with E-state index in [-0.39, 0.29) is 0 Å². The fraction of sp³-hybridized carbons (Fsp3) is 0.812. The van der Waals surface area contributed by atoms with Gasteiger partial charge in [0.15, 0.2) is 0 Å². The molecule has 2 unspecified atom stereocenters. The molecule has 3 nitrogen and oxygen atoms in total. The van der Waals surface area contributed by atoms with Crippen molar-refractivity contribution in [2.45, 2.75) is 73.8 Å². The van der Waals surface area contributed by atoms with E-state index in [9.17, 15) is 75.0 Å². The normalized spacial score (nSPS) is 17.6. The van der Waals surface area contributed by atoms with Crippen LogP contribution in [0.3, 0.4) is 0 Å². The molecule has 208 valence electrons. The van der Waals surface area contributed by atoms with E-state index in [0.29, 0.717) is 0 Å². The molecule has 1 N–H and O–H groups in total. The van der Waals surface area contributed by atoms with E-state index in [1.54, 1.807) is 0 Å². The average molecular weight is 558 g/mol. The zero-order valence-electron chi connectivity index (χ0n) is 17.0. The van der Waals surface area contributed by atoms with Gasteiger partial charge in [0.25, 0.3) is 5.67 Å². The van der Waals surface area contributed by atoms with E-state index in [0.717, 1.165) is 6.92 Å². The number of alkyl halides is 16. The van der Waals surface area contributed by atoms with Gasteiger partial charge in [-0.15, -0.1) is 0 Å². The molecule has 35 heavy (non-hydrogen) atoms. The molecule has 0 aromatic heterocycles. The molecule has 0 aliphatic rings. The number of carbonyl (C=O) groups is 1. The second-order valence-corrected chi connectivity index (χ2v) is 7.31. The molecule has 0 radical (unpaired) electrons. The molecule has 19 heteroatoms. The van der Waals surface area contributed by atoms with Crippen molar-refractivity contribution in [1.29, 1.82) is 0 Å². The van der Waals surface area contributed by atoms with Crippen LogP contribution in [-0.4, -0.2) is 71.2 Å². The molecule has 0 aromatic rings. The van der Waals surface area contributed by atoms with Gasteiger partial charge in [-0.1, -0.05) is 6.58 Å². The van der Waals surface area contributed by atoms with Crippen molar-refractivity contribution in [3.05, 3.63) is 12.2 Å². The van der Waals surface area contributed by atoms with Gasteiger partial charge in [-0.25, -0.2) is 9.18 Å². The van der Waals surface area contributed by atoms with E-state index in [2.05, 4.69) is 11.3 Å². The van der Waals surface area contributed by atoms with Gasteiger partial charge in [-0.2, -0.15) is 65.9 Å². The maximum Gasteiger partial charge on any atom is 0.428 e. The van der Waals surface area contributed by atoms with Gasteiger partial charge in [-0.3, -0.25) is 0 Å². The van der Waals surface area contributed by atoms with Crippen molar-refractivity contribution in [3.63, 3.8) is 0 Å². The van der Waals surface area contributed by atoms with E-state index in [4.69, 9.17) is 5.11 Å². The van der Waals surface area contributed by atoms with Crippen LogP contribution in [0.15, 0.2) is 12.2 Å². The Morgan fingerprint density at radius 1 is 0.743 bits per heavy atom. The molecule has 0 bridgehead atoms. The largest absolute Gasteiger partial charge is 0.460 e. The third kappa shape index (κ3) is 5.14. The SMILES string of the molecule is C=C(C)C(=O)OCC(O)CC(F)(F)C(F)(F)C(F)(F)C(F)(F)C(F)(F)C(F)(F)C(C)(F)C(F)(F)F. The highest BCUT2D eigenvalue weighted by Gasteiger charge is 2.93. The third-order valence-corrected chi connectivity index (χ3v) is 4.41. The van der Waals surface area contributed by atoms with Gasteiger partial charge < -0.3 is 9.84 Å². The van der Waals surface area contributed by atoms with Crippen LogP contribution in [0.4, 0.5) is 70.2 Å². The van der Waals surface area contributed by atoms with E-state index < -0.39 is 85.0 Å². The molecule has 0 aliphatic carbocycles. The predicted molar refractivity (Wildman–Crippen MR) is 81.6 cm³/mol. The lowest BCUT2D eigenvalue weighted by Crippen LogP contribution is -2.74. The van der Waals surface area contributed by atoms with Crippen molar-refractivity contribution in [2.75, 3.05) is 6.61 Å². The van der Waals surface area contributed by atoms with Gasteiger partial charge in [0.1, 0.15) is 6.61 Å². The highest BCUT2D eigenvalue weighted by atomic mass is 19.4. The van der Waals surface area contributed by atoms with Crippen LogP contribution in [-0.2, 0) is 9.53 Å². The Morgan fingerprint density at radius 3 is 1.43 bits per heavy atom. The summed E-state index contributed by atoms with van der Waals surface area (Å²) in [6.07, 6.45) is -13.3. The average Bonchev–Trinajstić information content (AvgIpc) is 2.63. The Kier molecular flexibility index (Phi) is 8.66. The summed E-state index contributed by atoms with van der Waals surface area (Å²) in [5.74, 6) is -48.9. The molecular formula is C16H14F16O3. The monoisotopic (exact) mass is 558 g/mol. The predicted octanol–water partition coefficient (Wildman–Crippen LogP) is 5.96. The number of hydrogen-bond acceptors (Lipinski definition) is 3. The molecule has 0 rings (SSSR count). The van der Waals surface area contributed by atoms with Crippen LogP contribution in [0.25, 0.3) is 0 Å². The van der Waals surface area contributed by atoms with E-state index >= 15 is 0 Å². The Balaban J connectivity index is 6.35. The smallest absolute Gasteiger partial charge is 0.428 e. The number of esters is 1. The lowest BCUT2D eigenvalue weighted by Gasteiger charge is -2.44. The maximum atomic E-state index is 13.7. The molecule has 2 atom stereocenters. The standard InChI is InChI=1S/C16H14F16O3/c1-6(2)8(34)35-5-7(33)4-10(18,19)12(22,23)14(26,27)15(28,29)13(24,25)11(20,21)9(3,17)16(30,31)32/h7,33H,1,4-5H2,2-3H3. The number of aliphatic hydroxyl groups is 1. The molecule has 0 spiro atoms. The summed E-state index contributed by atoms with van der Waals surface area (Å²) in [5.41, 5.74) is -7.22. The first kappa shape index (κ1) is 33.0. The van der Waals surface area contributed by atoms with Gasteiger partial charge in [0, 0.05) is 12.0 Å². The van der Waals surface area contributed by atoms with Crippen molar-refractivity contribution >= 4 is 5.97 Å².